The summed E-state index contributed by atoms with van der Waals surface area (Å²) in [5.41, 5.74) is 6.18. The molecule has 3 heterocycles. The van der Waals surface area contributed by atoms with Crippen LogP contribution in [0.4, 0.5) is 0 Å². The van der Waals surface area contributed by atoms with Crippen molar-refractivity contribution in [2.75, 3.05) is 0 Å². The van der Waals surface area contributed by atoms with E-state index in [2.05, 4.69) is 156 Å². The van der Waals surface area contributed by atoms with Crippen molar-refractivity contribution in [1.82, 2.24) is 19.5 Å². The van der Waals surface area contributed by atoms with Crippen LogP contribution in [0.25, 0.3) is 103 Å². The van der Waals surface area contributed by atoms with Gasteiger partial charge in [-0.05, 0) is 52.6 Å². The van der Waals surface area contributed by atoms with E-state index < -0.39 is 0 Å². The van der Waals surface area contributed by atoms with Crippen LogP contribution in [-0.4, -0.2) is 19.5 Å². The van der Waals surface area contributed by atoms with Crippen LogP contribution in [0.1, 0.15) is 0 Å². The molecule has 0 atom stereocenters. The van der Waals surface area contributed by atoms with E-state index >= 15 is 0 Å². The first-order valence-electron chi connectivity index (χ1n) is 17.4. The van der Waals surface area contributed by atoms with Crippen LogP contribution >= 0.6 is 11.3 Å². The number of rotatable bonds is 4. The zero-order valence-corrected chi connectivity index (χ0v) is 28.7. The summed E-state index contributed by atoms with van der Waals surface area (Å²) in [5, 5.41) is 9.65. The van der Waals surface area contributed by atoms with Crippen LogP contribution in [0.15, 0.2) is 170 Å². The summed E-state index contributed by atoms with van der Waals surface area (Å²) in [6.07, 6.45) is 0. The molecule has 0 radical (unpaired) electrons. The molecule has 0 fully saturated rings. The van der Waals surface area contributed by atoms with Gasteiger partial charge in [0.1, 0.15) is 0 Å². The van der Waals surface area contributed by atoms with Gasteiger partial charge in [0.25, 0.3) is 0 Å². The highest BCUT2D eigenvalue weighted by Crippen LogP contribution is 2.41. The number of thiophene rings is 1. The first-order valence-corrected chi connectivity index (χ1v) is 18.3. The lowest BCUT2D eigenvalue weighted by Gasteiger charge is -2.17. The number of hydrogen-bond donors (Lipinski definition) is 0. The monoisotopic (exact) mass is 680 g/mol. The van der Waals surface area contributed by atoms with Gasteiger partial charge in [-0.1, -0.05) is 133 Å². The number of para-hydroxylation sites is 1. The fourth-order valence-electron chi connectivity index (χ4n) is 7.78. The van der Waals surface area contributed by atoms with Crippen LogP contribution in [0.5, 0.6) is 0 Å². The molecule has 0 unspecified atom stereocenters. The second kappa shape index (κ2) is 11.4. The predicted molar refractivity (Wildman–Crippen MR) is 218 cm³/mol. The zero-order chi connectivity index (χ0) is 34.2. The summed E-state index contributed by atoms with van der Waals surface area (Å²) in [5.74, 6) is 1.92. The number of benzene rings is 8. The average Bonchev–Trinajstić information content (AvgIpc) is 3.74. The highest BCUT2D eigenvalue weighted by molar-refractivity contribution is 7.25. The highest BCUT2D eigenvalue weighted by atomic mass is 32.1. The van der Waals surface area contributed by atoms with Crippen molar-refractivity contribution in [3.63, 3.8) is 0 Å². The van der Waals surface area contributed by atoms with Gasteiger partial charge in [-0.25, -0.2) is 15.0 Å². The van der Waals surface area contributed by atoms with E-state index in [0.29, 0.717) is 17.5 Å². The summed E-state index contributed by atoms with van der Waals surface area (Å²) in [4.78, 5) is 15.7. The maximum Gasteiger partial charge on any atom is 0.166 e. The number of hydrogen-bond acceptors (Lipinski definition) is 4. The van der Waals surface area contributed by atoms with Crippen molar-refractivity contribution in [3.8, 4) is 39.9 Å². The van der Waals surface area contributed by atoms with Crippen molar-refractivity contribution in [2.45, 2.75) is 0 Å². The largest absolute Gasteiger partial charge is 0.308 e. The summed E-state index contributed by atoms with van der Waals surface area (Å²) >= 11 is 1.80. The Bertz CT molecular complexity index is 3190. The van der Waals surface area contributed by atoms with E-state index in [1.807, 2.05) is 18.2 Å². The number of aromatic nitrogens is 4. The Morgan fingerprint density at radius 3 is 1.85 bits per heavy atom. The van der Waals surface area contributed by atoms with E-state index in [1.165, 1.54) is 41.7 Å². The molecule has 11 aromatic rings. The molecule has 52 heavy (non-hydrogen) atoms. The van der Waals surface area contributed by atoms with Crippen molar-refractivity contribution in [1.29, 1.82) is 0 Å². The minimum absolute atomic E-state index is 0.632. The van der Waals surface area contributed by atoms with Crippen molar-refractivity contribution < 1.29 is 0 Å². The molecule has 0 aliphatic carbocycles. The molecule has 0 aliphatic rings. The minimum atomic E-state index is 0.632. The summed E-state index contributed by atoms with van der Waals surface area (Å²) in [7, 11) is 0. The molecule has 0 saturated heterocycles. The van der Waals surface area contributed by atoms with Crippen molar-refractivity contribution in [3.05, 3.63) is 170 Å². The fraction of sp³-hybridized carbons (Fsp3) is 0. The van der Waals surface area contributed by atoms with E-state index in [1.54, 1.807) is 11.3 Å². The summed E-state index contributed by atoms with van der Waals surface area (Å²) in [6, 6.07) is 60.3. The Balaban J connectivity index is 1.23. The standard InChI is InChI=1S/C47H28N4S/c1-2-13-30(14-3-1)45-48-46(33-23-24-37-36-19-9-11-21-42(36)52-43(37)28-33)50-47(49-45)38-25-22-29-12-6-7-17-34(29)44(38)51-40-20-10-8-18-35(40)39-26-31-15-4-5-16-32(31)27-41(39)51/h1-28H. The van der Waals surface area contributed by atoms with Gasteiger partial charge in [0, 0.05) is 53.0 Å². The molecule has 0 aliphatic heterocycles. The van der Waals surface area contributed by atoms with Gasteiger partial charge in [-0.2, -0.15) is 0 Å². The van der Waals surface area contributed by atoms with Gasteiger partial charge in [0.15, 0.2) is 17.5 Å². The summed E-state index contributed by atoms with van der Waals surface area (Å²) in [6.45, 7) is 0. The predicted octanol–water partition coefficient (Wildman–Crippen LogP) is 12.6. The van der Waals surface area contributed by atoms with E-state index in [9.17, 15) is 0 Å². The molecule has 11 rings (SSSR count). The SMILES string of the molecule is c1ccc(-c2nc(-c3ccc4c(c3)sc3ccccc34)nc(-c3ccc4ccccc4c3-n3c4ccccc4c4cc5ccccc5cc43)n2)cc1. The van der Waals surface area contributed by atoms with Crippen LogP contribution < -0.4 is 0 Å². The van der Waals surface area contributed by atoms with Gasteiger partial charge >= 0.3 is 0 Å². The quantitative estimate of drug-likeness (QED) is 0.186. The lowest BCUT2D eigenvalue weighted by Crippen LogP contribution is -2.04. The summed E-state index contributed by atoms with van der Waals surface area (Å²) < 4.78 is 4.91. The molecular weight excluding hydrogens is 653 g/mol. The molecule has 242 valence electrons. The van der Waals surface area contributed by atoms with Gasteiger partial charge in [-0.3, -0.25) is 0 Å². The van der Waals surface area contributed by atoms with Crippen molar-refractivity contribution in [2.24, 2.45) is 0 Å². The van der Waals surface area contributed by atoms with E-state index in [4.69, 9.17) is 15.0 Å². The lowest BCUT2D eigenvalue weighted by atomic mass is 10.0. The van der Waals surface area contributed by atoms with Crippen molar-refractivity contribution >= 4 is 74.9 Å². The number of nitrogens with zero attached hydrogens (tertiary/aromatic N) is 4. The molecule has 8 aromatic carbocycles. The normalized spacial score (nSPS) is 11.8. The van der Waals surface area contributed by atoms with Gasteiger partial charge < -0.3 is 4.57 Å². The van der Waals surface area contributed by atoms with E-state index in [-0.39, 0.29) is 0 Å². The third kappa shape index (κ3) is 4.50. The molecule has 5 heteroatoms. The van der Waals surface area contributed by atoms with Crippen LogP contribution in [-0.2, 0) is 0 Å². The minimum Gasteiger partial charge on any atom is -0.308 e. The Morgan fingerprint density at radius 1 is 0.365 bits per heavy atom. The zero-order valence-electron chi connectivity index (χ0n) is 27.9. The number of fused-ring (bicyclic) bond motifs is 8. The Hall–Kier alpha value is -6.69. The Labute approximate surface area is 302 Å². The Kier molecular flexibility index (Phi) is 6.39. The Morgan fingerprint density at radius 2 is 1.00 bits per heavy atom. The fourth-order valence-corrected chi connectivity index (χ4v) is 8.92. The lowest BCUT2D eigenvalue weighted by molar-refractivity contribution is 1.07. The molecule has 0 N–H and O–H groups in total. The molecule has 0 amide bonds. The molecule has 4 nitrogen and oxygen atoms in total. The molecule has 0 bridgehead atoms. The average molecular weight is 681 g/mol. The second-order valence-corrected chi connectivity index (χ2v) is 14.3. The van der Waals surface area contributed by atoms with Crippen LogP contribution in [0.3, 0.4) is 0 Å². The molecule has 0 spiro atoms. The molecule has 0 saturated carbocycles. The van der Waals surface area contributed by atoms with Gasteiger partial charge in [0.05, 0.1) is 16.7 Å². The first-order chi connectivity index (χ1) is 25.8. The third-order valence-corrected chi connectivity index (χ3v) is 11.3. The topological polar surface area (TPSA) is 43.6 Å². The van der Waals surface area contributed by atoms with Gasteiger partial charge in [-0.15, -0.1) is 11.3 Å². The smallest absolute Gasteiger partial charge is 0.166 e. The van der Waals surface area contributed by atoms with Crippen LogP contribution in [0, 0.1) is 0 Å². The van der Waals surface area contributed by atoms with Crippen LogP contribution in [0.2, 0.25) is 0 Å². The second-order valence-electron chi connectivity index (χ2n) is 13.2. The maximum atomic E-state index is 5.32. The highest BCUT2D eigenvalue weighted by Gasteiger charge is 2.22. The maximum absolute atomic E-state index is 5.32. The van der Waals surface area contributed by atoms with E-state index in [0.717, 1.165) is 44.2 Å². The first kappa shape index (κ1) is 29.1. The third-order valence-electron chi connectivity index (χ3n) is 10.2. The molecule has 3 aromatic heterocycles. The van der Waals surface area contributed by atoms with Gasteiger partial charge in [0.2, 0.25) is 0 Å². The molecular formula is C47H28N4S.